The molecule has 0 aromatic rings. The van der Waals surface area contributed by atoms with Crippen LogP contribution in [-0.4, -0.2) is 58.6 Å². The molecule has 0 fully saturated rings. The normalized spacial score (nSPS) is 14.3. The zero-order chi connectivity index (χ0) is 21.0. The topological polar surface area (TPSA) is 185 Å². The van der Waals surface area contributed by atoms with Gasteiger partial charge in [0.2, 0.25) is 11.8 Å². The molecule has 0 aromatic heterocycles. The third-order valence-electron chi connectivity index (χ3n) is 3.91. The van der Waals surface area contributed by atoms with Gasteiger partial charge < -0.3 is 32.3 Å². The maximum absolute atomic E-state index is 12.4. The smallest absolute Gasteiger partial charge is 0.326 e. The lowest BCUT2D eigenvalue weighted by Gasteiger charge is -2.23. The van der Waals surface area contributed by atoms with E-state index in [1.165, 1.54) is 0 Å². The predicted octanol–water partition coefficient (Wildman–Crippen LogP) is -0.592. The lowest BCUT2D eigenvalue weighted by Crippen LogP contribution is -2.54. The highest BCUT2D eigenvalue weighted by Gasteiger charge is 2.28. The second-order valence-corrected chi connectivity index (χ2v) is 6.91. The predicted molar refractivity (Wildman–Crippen MR) is 98.7 cm³/mol. The number of carboxylic acid groups (broad SMARTS) is 2. The number of aliphatic carboxylic acids is 2. The van der Waals surface area contributed by atoms with Gasteiger partial charge >= 0.3 is 11.9 Å². The van der Waals surface area contributed by atoms with Gasteiger partial charge in [-0.1, -0.05) is 20.3 Å². The Kier molecular flexibility index (Phi) is 12.0. The van der Waals surface area contributed by atoms with Crippen LogP contribution in [0.15, 0.2) is 0 Å². The van der Waals surface area contributed by atoms with Crippen molar-refractivity contribution in [1.29, 1.82) is 0 Å². The third kappa shape index (κ3) is 11.2. The van der Waals surface area contributed by atoms with Crippen molar-refractivity contribution in [3.63, 3.8) is 0 Å². The number of amides is 2. The second kappa shape index (κ2) is 13.0. The summed E-state index contributed by atoms with van der Waals surface area (Å²) in [6, 6.07) is -3.16. The Morgan fingerprint density at radius 3 is 2.00 bits per heavy atom. The van der Waals surface area contributed by atoms with Gasteiger partial charge in [-0.25, -0.2) is 4.79 Å². The lowest BCUT2D eigenvalue weighted by molar-refractivity contribution is -0.143. The lowest BCUT2D eigenvalue weighted by atomic mass is 10.0. The van der Waals surface area contributed by atoms with E-state index in [1.54, 1.807) is 0 Å². The number of nitrogens with one attached hydrogen (secondary N) is 2. The zero-order valence-electron chi connectivity index (χ0n) is 15.9. The summed E-state index contributed by atoms with van der Waals surface area (Å²) in [6.45, 7) is 4.10. The molecule has 0 heterocycles. The van der Waals surface area contributed by atoms with Gasteiger partial charge in [0.25, 0.3) is 0 Å². The second-order valence-electron chi connectivity index (χ2n) is 6.91. The quantitative estimate of drug-likeness (QED) is 0.213. The van der Waals surface area contributed by atoms with Crippen molar-refractivity contribution in [2.75, 3.05) is 6.54 Å². The Hall–Kier alpha value is -2.20. The van der Waals surface area contributed by atoms with Crippen LogP contribution < -0.4 is 22.1 Å². The summed E-state index contributed by atoms with van der Waals surface area (Å²) < 4.78 is 0. The van der Waals surface area contributed by atoms with E-state index in [1.807, 2.05) is 13.8 Å². The van der Waals surface area contributed by atoms with Gasteiger partial charge in [-0.3, -0.25) is 14.4 Å². The molecule has 0 spiro atoms. The molecule has 10 heteroatoms. The first-order valence-electron chi connectivity index (χ1n) is 9.09. The van der Waals surface area contributed by atoms with Crippen LogP contribution in [-0.2, 0) is 19.2 Å². The van der Waals surface area contributed by atoms with E-state index >= 15 is 0 Å². The molecule has 8 N–H and O–H groups in total. The van der Waals surface area contributed by atoms with Crippen LogP contribution in [0.3, 0.4) is 0 Å². The molecule has 27 heavy (non-hydrogen) atoms. The highest BCUT2D eigenvalue weighted by Crippen LogP contribution is 2.07. The first-order valence-corrected chi connectivity index (χ1v) is 9.09. The van der Waals surface area contributed by atoms with Crippen LogP contribution >= 0.6 is 0 Å². The Morgan fingerprint density at radius 1 is 0.926 bits per heavy atom. The summed E-state index contributed by atoms with van der Waals surface area (Å²) in [4.78, 5) is 46.7. The summed E-state index contributed by atoms with van der Waals surface area (Å²) in [6.07, 6.45) is 1.41. The maximum Gasteiger partial charge on any atom is 0.326 e. The number of unbranched alkanes of at least 4 members (excludes halogenated alkanes) is 1. The molecule has 0 saturated heterocycles. The summed E-state index contributed by atoms with van der Waals surface area (Å²) in [5, 5.41) is 22.9. The highest BCUT2D eigenvalue weighted by atomic mass is 16.4. The van der Waals surface area contributed by atoms with Crippen LogP contribution in [0.4, 0.5) is 0 Å². The first-order chi connectivity index (χ1) is 12.6. The summed E-state index contributed by atoms with van der Waals surface area (Å²) >= 11 is 0. The van der Waals surface area contributed by atoms with E-state index in [9.17, 15) is 24.3 Å². The standard InChI is InChI=1S/C17H32N4O6/c1-10(2)9-13(17(26)27)21-16(25)12(6-7-14(22)23)20-15(24)11(19)5-3-4-8-18/h10-13H,3-9,18-19H2,1-2H3,(H,20,24)(H,21,25)(H,22,23)(H,26,27)/t11-,12-,13+/m1/s1. The van der Waals surface area contributed by atoms with Gasteiger partial charge in [0.05, 0.1) is 6.04 Å². The van der Waals surface area contributed by atoms with Gasteiger partial charge in [-0.2, -0.15) is 0 Å². The zero-order valence-corrected chi connectivity index (χ0v) is 15.9. The maximum atomic E-state index is 12.4. The van der Waals surface area contributed by atoms with Crippen molar-refractivity contribution in [1.82, 2.24) is 10.6 Å². The molecular weight excluding hydrogens is 356 g/mol. The van der Waals surface area contributed by atoms with Gasteiger partial charge in [0.15, 0.2) is 0 Å². The molecule has 0 aliphatic rings. The minimum absolute atomic E-state index is 0.0226. The molecular formula is C17H32N4O6. The molecule has 156 valence electrons. The molecule has 2 amide bonds. The fourth-order valence-corrected chi connectivity index (χ4v) is 2.42. The SMILES string of the molecule is CC(C)C[C@H](NC(=O)[C@@H](CCC(=O)O)NC(=O)[C@H](N)CCCCN)C(=O)O. The average molecular weight is 388 g/mol. The average Bonchev–Trinajstić information content (AvgIpc) is 2.56. The molecule has 0 aliphatic carbocycles. The Bertz CT molecular complexity index is 512. The van der Waals surface area contributed by atoms with Crippen LogP contribution in [0.5, 0.6) is 0 Å². The number of carbonyl (C=O) groups excluding carboxylic acids is 2. The minimum atomic E-state index is -1.20. The largest absolute Gasteiger partial charge is 0.481 e. The van der Waals surface area contributed by atoms with Crippen molar-refractivity contribution >= 4 is 23.8 Å². The molecule has 0 rings (SSSR count). The first kappa shape index (κ1) is 24.8. The van der Waals surface area contributed by atoms with Gasteiger partial charge in [0, 0.05) is 6.42 Å². The van der Waals surface area contributed by atoms with Crippen LogP contribution in [0.2, 0.25) is 0 Å². The Labute approximate surface area is 159 Å². The number of nitrogens with two attached hydrogens (primary N) is 2. The molecule has 0 bridgehead atoms. The molecule has 0 saturated carbocycles. The molecule has 0 unspecified atom stereocenters. The number of carbonyl (C=O) groups is 4. The van der Waals surface area contributed by atoms with Crippen molar-refractivity contribution in [3.05, 3.63) is 0 Å². The van der Waals surface area contributed by atoms with Gasteiger partial charge in [-0.15, -0.1) is 0 Å². The monoisotopic (exact) mass is 388 g/mol. The van der Waals surface area contributed by atoms with Crippen molar-refractivity contribution in [2.45, 2.75) is 70.5 Å². The Balaban J connectivity index is 4.99. The minimum Gasteiger partial charge on any atom is -0.481 e. The summed E-state index contributed by atoms with van der Waals surface area (Å²) in [7, 11) is 0. The van der Waals surface area contributed by atoms with E-state index < -0.39 is 41.9 Å². The molecule has 0 aliphatic heterocycles. The van der Waals surface area contributed by atoms with E-state index in [-0.39, 0.29) is 25.2 Å². The van der Waals surface area contributed by atoms with E-state index in [4.69, 9.17) is 16.6 Å². The number of hydrogen-bond acceptors (Lipinski definition) is 6. The van der Waals surface area contributed by atoms with E-state index in [2.05, 4.69) is 10.6 Å². The van der Waals surface area contributed by atoms with Gasteiger partial charge in [-0.05, 0) is 38.1 Å². The van der Waals surface area contributed by atoms with Crippen LogP contribution in [0.1, 0.15) is 52.4 Å². The Morgan fingerprint density at radius 2 is 1.52 bits per heavy atom. The fourth-order valence-electron chi connectivity index (χ4n) is 2.42. The molecule has 3 atom stereocenters. The number of rotatable bonds is 14. The van der Waals surface area contributed by atoms with Crippen molar-refractivity contribution < 1.29 is 29.4 Å². The van der Waals surface area contributed by atoms with Crippen molar-refractivity contribution in [3.8, 4) is 0 Å². The van der Waals surface area contributed by atoms with Gasteiger partial charge in [0.1, 0.15) is 12.1 Å². The molecule has 10 nitrogen and oxygen atoms in total. The summed E-state index contributed by atoms with van der Waals surface area (Å²) in [5.74, 6) is -3.64. The van der Waals surface area contributed by atoms with E-state index in [0.717, 1.165) is 0 Å². The molecule has 0 aromatic carbocycles. The summed E-state index contributed by atoms with van der Waals surface area (Å²) in [5.41, 5.74) is 11.2. The third-order valence-corrected chi connectivity index (χ3v) is 3.91. The number of hydrogen-bond donors (Lipinski definition) is 6. The van der Waals surface area contributed by atoms with Crippen LogP contribution in [0.25, 0.3) is 0 Å². The highest BCUT2D eigenvalue weighted by molar-refractivity contribution is 5.92. The van der Waals surface area contributed by atoms with Crippen LogP contribution in [0, 0.1) is 5.92 Å². The number of carboxylic acids is 2. The molecule has 0 radical (unpaired) electrons. The fraction of sp³-hybridized carbons (Fsp3) is 0.765. The van der Waals surface area contributed by atoms with E-state index in [0.29, 0.717) is 25.8 Å². The van der Waals surface area contributed by atoms with Crippen molar-refractivity contribution in [2.24, 2.45) is 17.4 Å².